The first kappa shape index (κ1) is 10.7. The minimum atomic E-state index is 0.0221. The molecule has 0 amide bonds. The molecule has 0 spiro atoms. The number of aryl methyl sites for hydroxylation is 1. The van der Waals surface area contributed by atoms with E-state index in [2.05, 4.69) is 26.3 Å². The molecule has 0 atom stereocenters. The summed E-state index contributed by atoms with van der Waals surface area (Å²) < 4.78 is 1.27. The molecule has 17 heavy (non-hydrogen) atoms. The predicted molar refractivity (Wildman–Crippen MR) is 55.9 cm³/mol. The fourth-order valence-corrected chi connectivity index (χ4v) is 1.31. The van der Waals surface area contributed by atoms with Gasteiger partial charge in [-0.1, -0.05) is 0 Å². The molecule has 7 heteroatoms. The highest BCUT2D eigenvalue weighted by Gasteiger charge is 2.13. The van der Waals surface area contributed by atoms with Crippen LogP contribution in [0.1, 0.15) is 22.6 Å². The summed E-state index contributed by atoms with van der Waals surface area (Å²) in [4.78, 5) is 3.75. The summed E-state index contributed by atoms with van der Waals surface area (Å²) in [6.07, 6.45) is 1.33. The Bertz CT molecular complexity index is 656. The number of rotatable bonds is 1. The third-order valence-electron chi connectivity index (χ3n) is 2.36. The van der Waals surface area contributed by atoms with Gasteiger partial charge in [-0.2, -0.15) is 20.3 Å². The van der Waals surface area contributed by atoms with Gasteiger partial charge in [0.25, 0.3) is 5.82 Å². The zero-order valence-electron chi connectivity index (χ0n) is 9.21. The van der Waals surface area contributed by atoms with E-state index in [0.717, 1.165) is 5.56 Å². The molecule has 0 aliphatic rings. The van der Waals surface area contributed by atoms with Crippen LogP contribution in [-0.4, -0.2) is 25.0 Å². The van der Waals surface area contributed by atoms with Gasteiger partial charge in [-0.05, 0) is 19.4 Å². The van der Waals surface area contributed by atoms with Crippen molar-refractivity contribution < 1.29 is 0 Å². The maximum absolute atomic E-state index is 9.10. The lowest BCUT2D eigenvalue weighted by Gasteiger charge is -2.05. The standard InChI is InChI=1S/C10H7N7/c1-6-7(2)14-15-10(8(6)3-11)17-5-13-9(4-12)16-17/h5H,1-2H3. The largest absolute Gasteiger partial charge is 0.252 e. The normalized spacial score (nSPS) is 9.65. The third kappa shape index (κ3) is 1.70. The molecular weight excluding hydrogens is 218 g/mol. The van der Waals surface area contributed by atoms with Crippen molar-refractivity contribution >= 4 is 0 Å². The summed E-state index contributed by atoms with van der Waals surface area (Å²) in [5, 5.41) is 29.4. The molecule has 0 radical (unpaired) electrons. The first-order valence-corrected chi connectivity index (χ1v) is 4.73. The van der Waals surface area contributed by atoms with Crippen LogP contribution in [0.4, 0.5) is 0 Å². The lowest BCUT2D eigenvalue weighted by Crippen LogP contribution is -2.07. The van der Waals surface area contributed by atoms with Crippen molar-refractivity contribution in [2.75, 3.05) is 0 Å². The predicted octanol–water partition coefficient (Wildman–Crippen LogP) is 0.418. The van der Waals surface area contributed by atoms with Crippen molar-refractivity contribution in [3.63, 3.8) is 0 Å². The van der Waals surface area contributed by atoms with Gasteiger partial charge in [0.1, 0.15) is 24.0 Å². The summed E-state index contributed by atoms with van der Waals surface area (Å²) in [6.45, 7) is 3.56. The van der Waals surface area contributed by atoms with Crippen molar-refractivity contribution in [3.05, 3.63) is 29.0 Å². The van der Waals surface area contributed by atoms with Crippen molar-refractivity contribution in [1.82, 2.24) is 25.0 Å². The van der Waals surface area contributed by atoms with Gasteiger partial charge in [0.05, 0.1) is 5.69 Å². The first-order chi connectivity index (χ1) is 8.17. The van der Waals surface area contributed by atoms with Crippen LogP contribution in [0.15, 0.2) is 6.33 Å². The van der Waals surface area contributed by atoms with E-state index in [-0.39, 0.29) is 11.6 Å². The Morgan fingerprint density at radius 1 is 1.18 bits per heavy atom. The summed E-state index contributed by atoms with van der Waals surface area (Å²) in [6, 6.07) is 3.86. The van der Waals surface area contributed by atoms with Gasteiger partial charge < -0.3 is 0 Å². The molecule has 0 unspecified atom stereocenters. The Kier molecular flexibility index (Phi) is 2.51. The molecule has 2 aromatic rings. The Morgan fingerprint density at radius 3 is 2.53 bits per heavy atom. The molecule has 0 saturated heterocycles. The van der Waals surface area contributed by atoms with Crippen LogP contribution in [0.2, 0.25) is 0 Å². The summed E-state index contributed by atoms with van der Waals surface area (Å²) in [5.41, 5.74) is 1.81. The highest BCUT2D eigenvalue weighted by Crippen LogP contribution is 2.15. The topological polar surface area (TPSA) is 104 Å². The van der Waals surface area contributed by atoms with Gasteiger partial charge in [0.2, 0.25) is 0 Å². The quantitative estimate of drug-likeness (QED) is 0.696. The van der Waals surface area contributed by atoms with E-state index in [1.54, 1.807) is 19.9 Å². The molecule has 2 aromatic heterocycles. The number of nitriles is 2. The Morgan fingerprint density at radius 2 is 1.94 bits per heavy atom. The zero-order chi connectivity index (χ0) is 12.4. The van der Waals surface area contributed by atoms with Crippen molar-refractivity contribution in [1.29, 1.82) is 10.5 Å². The van der Waals surface area contributed by atoms with Gasteiger partial charge in [-0.3, -0.25) is 0 Å². The second-order valence-electron chi connectivity index (χ2n) is 3.35. The summed E-state index contributed by atoms with van der Waals surface area (Å²) >= 11 is 0. The van der Waals surface area contributed by atoms with Gasteiger partial charge in [0.15, 0.2) is 5.82 Å². The van der Waals surface area contributed by atoms with E-state index in [9.17, 15) is 0 Å². The van der Waals surface area contributed by atoms with Crippen molar-refractivity contribution in [2.45, 2.75) is 13.8 Å². The minimum Gasteiger partial charge on any atom is -0.206 e. The van der Waals surface area contributed by atoms with Crippen LogP contribution < -0.4 is 0 Å². The molecule has 0 saturated carbocycles. The van der Waals surface area contributed by atoms with Crippen LogP contribution in [0.5, 0.6) is 0 Å². The van der Waals surface area contributed by atoms with E-state index in [4.69, 9.17) is 10.5 Å². The molecule has 0 aliphatic heterocycles. The van der Waals surface area contributed by atoms with Crippen LogP contribution in [0.25, 0.3) is 5.82 Å². The van der Waals surface area contributed by atoms with Crippen LogP contribution in [0.3, 0.4) is 0 Å². The van der Waals surface area contributed by atoms with Crippen molar-refractivity contribution in [2.24, 2.45) is 0 Å². The molecule has 2 rings (SSSR count). The zero-order valence-corrected chi connectivity index (χ0v) is 9.21. The van der Waals surface area contributed by atoms with Gasteiger partial charge in [-0.15, -0.1) is 10.2 Å². The van der Waals surface area contributed by atoms with Gasteiger partial charge in [-0.25, -0.2) is 4.98 Å². The number of hydrogen-bond donors (Lipinski definition) is 0. The Balaban J connectivity index is 2.65. The average Bonchev–Trinajstić information content (AvgIpc) is 2.81. The Hall–Kier alpha value is -2.80. The van der Waals surface area contributed by atoms with Crippen LogP contribution in [-0.2, 0) is 0 Å². The van der Waals surface area contributed by atoms with Crippen LogP contribution >= 0.6 is 0 Å². The fraction of sp³-hybridized carbons (Fsp3) is 0.200. The Labute approximate surface area is 97.0 Å². The number of nitrogens with zero attached hydrogens (tertiary/aromatic N) is 7. The molecule has 7 nitrogen and oxygen atoms in total. The van der Waals surface area contributed by atoms with Crippen LogP contribution in [0, 0.1) is 36.5 Å². The molecule has 0 aliphatic carbocycles. The number of hydrogen-bond acceptors (Lipinski definition) is 6. The van der Waals surface area contributed by atoms with E-state index < -0.39 is 0 Å². The average molecular weight is 225 g/mol. The smallest absolute Gasteiger partial charge is 0.206 e. The summed E-state index contributed by atoms with van der Waals surface area (Å²) in [5.74, 6) is 0.304. The second-order valence-corrected chi connectivity index (χ2v) is 3.35. The molecular formula is C10H7N7. The van der Waals surface area contributed by atoms with Gasteiger partial charge >= 0.3 is 0 Å². The lowest BCUT2D eigenvalue weighted by atomic mass is 10.1. The molecule has 2 heterocycles. The molecule has 0 aromatic carbocycles. The van der Waals surface area contributed by atoms with E-state index in [1.807, 2.05) is 0 Å². The maximum atomic E-state index is 9.10. The second kappa shape index (κ2) is 3.99. The minimum absolute atomic E-state index is 0.0221. The number of aromatic nitrogens is 5. The first-order valence-electron chi connectivity index (χ1n) is 4.73. The maximum Gasteiger partial charge on any atom is 0.252 e. The fourth-order valence-electron chi connectivity index (χ4n) is 1.31. The van der Waals surface area contributed by atoms with Crippen molar-refractivity contribution in [3.8, 4) is 18.0 Å². The lowest BCUT2D eigenvalue weighted by molar-refractivity contribution is 0.792. The highest BCUT2D eigenvalue weighted by molar-refractivity contribution is 5.48. The van der Waals surface area contributed by atoms with E-state index in [0.29, 0.717) is 11.3 Å². The molecule has 0 fully saturated rings. The van der Waals surface area contributed by atoms with E-state index in [1.165, 1.54) is 11.0 Å². The highest BCUT2D eigenvalue weighted by atomic mass is 15.4. The molecule has 0 bridgehead atoms. The monoisotopic (exact) mass is 225 g/mol. The van der Waals surface area contributed by atoms with Gasteiger partial charge in [0, 0.05) is 0 Å². The third-order valence-corrected chi connectivity index (χ3v) is 2.36. The van der Waals surface area contributed by atoms with E-state index >= 15 is 0 Å². The SMILES string of the molecule is Cc1nnc(-n2cnc(C#N)n2)c(C#N)c1C. The molecule has 82 valence electrons. The molecule has 0 N–H and O–H groups in total. The summed E-state index contributed by atoms with van der Waals surface area (Å²) in [7, 11) is 0.